The van der Waals surface area contributed by atoms with E-state index >= 15 is 0 Å². The Morgan fingerprint density at radius 2 is 1.82 bits per heavy atom. The number of carboxylic acids is 1. The number of hydrogen-bond donors (Lipinski definition) is 2. The average Bonchev–Trinajstić information content (AvgIpc) is 3.34. The molecule has 2 aliphatic rings. The van der Waals surface area contributed by atoms with Gasteiger partial charge in [-0.3, -0.25) is 9.59 Å². The molecule has 0 radical (unpaired) electrons. The minimum atomic E-state index is -0.753. The normalized spacial score (nSPS) is 19.9. The van der Waals surface area contributed by atoms with E-state index in [1.165, 1.54) is 12.7 Å². The van der Waals surface area contributed by atoms with Crippen LogP contribution in [-0.4, -0.2) is 69.7 Å². The summed E-state index contributed by atoms with van der Waals surface area (Å²) >= 11 is 6.62. The topological polar surface area (TPSA) is 118 Å². The average molecular weight is 567 g/mol. The molecule has 1 aliphatic carbocycles. The second-order valence-electron chi connectivity index (χ2n) is 11.2. The van der Waals surface area contributed by atoms with Crippen molar-refractivity contribution in [2.75, 3.05) is 26.8 Å². The van der Waals surface area contributed by atoms with Crippen LogP contribution in [0.25, 0.3) is 28.0 Å². The van der Waals surface area contributed by atoms with Gasteiger partial charge in [0.25, 0.3) is 6.01 Å². The first-order valence-corrected chi connectivity index (χ1v) is 14.1. The predicted octanol–water partition coefficient (Wildman–Crippen LogP) is 5.59. The maximum absolute atomic E-state index is 12.1. The monoisotopic (exact) mass is 566 g/mol. The molecule has 1 amide bonds. The minimum Gasteiger partial charge on any atom is -0.481 e. The van der Waals surface area contributed by atoms with E-state index in [-0.39, 0.29) is 24.5 Å². The Kier molecular flexibility index (Phi) is 8.14. The van der Waals surface area contributed by atoms with Crippen molar-refractivity contribution in [1.29, 1.82) is 0 Å². The fourth-order valence-corrected chi connectivity index (χ4v) is 5.86. The van der Waals surface area contributed by atoms with Crippen LogP contribution in [0.3, 0.4) is 0 Å². The van der Waals surface area contributed by atoms with E-state index in [0.717, 1.165) is 43.2 Å². The van der Waals surface area contributed by atoms with Crippen LogP contribution in [0.4, 0.5) is 0 Å². The molecule has 1 fully saturated rings. The van der Waals surface area contributed by atoms with E-state index in [0.29, 0.717) is 41.0 Å². The molecule has 1 aromatic carbocycles. The molecule has 3 aromatic rings. The van der Waals surface area contributed by atoms with Crippen LogP contribution in [-0.2, 0) is 14.3 Å². The number of methoxy groups -OCH3 is 1. The highest BCUT2D eigenvalue weighted by Gasteiger charge is 2.39. The van der Waals surface area contributed by atoms with Gasteiger partial charge in [0.15, 0.2) is 5.65 Å². The van der Waals surface area contributed by atoms with Crippen molar-refractivity contribution < 1.29 is 24.2 Å². The second kappa shape index (κ2) is 11.6. The van der Waals surface area contributed by atoms with Gasteiger partial charge >= 0.3 is 5.97 Å². The summed E-state index contributed by atoms with van der Waals surface area (Å²) in [5, 5.41) is 10.0. The highest BCUT2D eigenvalue weighted by molar-refractivity contribution is 6.33. The first kappa shape index (κ1) is 28.1. The number of carbonyl (C=O) groups excluding carboxylic acids is 1. The van der Waals surface area contributed by atoms with Crippen LogP contribution in [0.1, 0.15) is 51.5 Å². The zero-order valence-corrected chi connectivity index (χ0v) is 23.8. The van der Waals surface area contributed by atoms with Crippen molar-refractivity contribution in [2.45, 2.75) is 52.1 Å². The summed E-state index contributed by atoms with van der Waals surface area (Å²) in [6.07, 6.45) is 6.02. The lowest BCUT2D eigenvalue weighted by Gasteiger charge is -2.36. The Morgan fingerprint density at radius 1 is 1.12 bits per heavy atom. The van der Waals surface area contributed by atoms with Gasteiger partial charge in [-0.15, -0.1) is 0 Å². The smallest absolute Gasteiger partial charge is 0.309 e. The summed E-state index contributed by atoms with van der Waals surface area (Å²) in [4.78, 5) is 37.9. The highest BCUT2D eigenvalue weighted by Crippen LogP contribution is 2.39. The molecular weight excluding hydrogens is 532 g/mol. The van der Waals surface area contributed by atoms with Gasteiger partial charge < -0.3 is 24.5 Å². The molecule has 5 rings (SSSR count). The zero-order chi connectivity index (χ0) is 28.4. The van der Waals surface area contributed by atoms with Gasteiger partial charge in [-0.05, 0) is 69.1 Å². The molecule has 10 heteroatoms. The van der Waals surface area contributed by atoms with Gasteiger partial charge in [0, 0.05) is 25.8 Å². The van der Waals surface area contributed by atoms with Gasteiger partial charge in [-0.2, -0.15) is 4.98 Å². The molecule has 212 valence electrons. The van der Waals surface area contributed by atoms with Crippen LogP contribution < -0.4 is 4.74 Å². The number of nitrogens with one attached hydrogen (secondary N) is 1. The molecule has 1 aliphatic heterocycles. The van der Waals surface area contributed by atoms with Gasteiger partial charge in [0.1, 0.15) is 12.7 Å². The number of ether oxygens (including phenoxy) is 2. The number of aromatic nitrogens is 3. The lowest BCUT2D eigenvalue weighted by molar-refractivity contribution is -0.151. The Balaban J connectivity index is 1.25. The molecule has 0 atom stereocenters. The number of rotatable bonds is 8. The summed E-state index contributed by atoms with van der Waals surface area (Å²) < 4.78 is 11.1. The quantitative estimate of drug-likeness (QED) is 0.365. The van der Waals surface area contributed by atoms with Crippen molar-refractivity contribution in [3.8, 4) is 17.3 Å². The van der Waals surface area contributed by atoms with Gasteiger partial charge in [-0.25, -0.2) is 4.98 Å². The summed E-state index contributed by atoms with van der Waals surface area (Å²) in [5.74, 6) is -0.621. The lowest BCUT2D eigenvalue weighted by atomic mass is 9.70. The first-order chi connectivity index (χ1) is 19.2. The number of carbonyl (C=O) groups is 2. The molecule has 2 N–H and O–H groups in total. The number of pyridine rings is 1. The van der Waals surface area contributed by atoms with Crippen molar-refractivity contribution in [1.82, 2.24) is 19.9 Å². The number of amides is 1. The van der Waals surface area contributed by atoms with Crippen molar-refractivity contribution in [3.05, 3.63) is 47.0 Å². The molecule has 40 heavy (non-hydrogen) atoms. The number of aliphatic carboxylic acids is 1. The first-order valence-electron chi connectivity index (χ1n) is 13.7. The molecule has 1 saturated carbocycles. The number of H-pyrrole nitrogens is 1. The third-order valence-corrected chi connectivity index (χ3v) is 8.58. The lowest BCUT2D eigenvalue weighted by Crippen LogP contribution is -2.37. The Morgan fingerprint density at radius 3 is 2.45 bits per heavy atom. The third kappa shape index (κ3) is 5.86. The van der Waals surface area contributed by atoms with Gasteiger partial charge in [0.2, 0.25) is 5.91 Å². The number of imidazole rings is 1. The van der Waals surface area contributed by atoms with Crippen LogP contribution in [0, 0.1) is 11.3 Å². The number of hydrogen-bond acceptors (Lipinski definition) is 6. The molecule has 0 bridgehead atoms. The second-order valence-corrected chi connectivity index (χ2v) is 11.6. The number of benzene rings is 1. The van der Waals surface area contributed by atoms with Gasteiger partial charge in [-0.1, -0.05) is 41.9 Å². The summed E-state index contributed by atoms with van der Waals surface area (Å²) in [7, 11) is 1.53. The summed E-state index contributed by atoms with van der Waals surface area (Å²) in [6, 6.07) is 10.3. The van der Waals surface area contributed by atoms with E-state index in [1.807, 2.05) is 18.2 Å². The largest absolute Gasteiger partial charge is 0.481 e. The molecule has 3 heterocycles. The molecule has 0 spiro atoms. The van der Waals surface area contributed by atoms with E-state index in [2.05, 4.69) is 28.2 Å². The van der Waals surface area contributed by atoms with Gasteiger partial charge in [0.05, 0.1) is 21.6 Å². The maximum Gasteiger partial charge on any atom is 0.309 e. The highest BCUT2D eigenvalue weighted by atomic mass is 35.5. The fourth-order valence-electron chi connectivity index (χ4n) is 5.60. The number of nitrogens with zero attached hydrogens (tertiary/aromatic N) is 3. The van der Waals surface area contributed by atoms with Crippen molar-refractivity contribution in [2.24, 2.45) is 11.3 Å². The van der Waals surface area contributed by atoms with E-state index < -0.39 is 11.4 Å². The molecular formula is C30H35ClN4O5. The van der Waals surface area contributed by atoms with Crippen LogP contribution >= 0.6 is 11.6 Å². The molecule has 0 unspecified atom stereocenters. The number of halogens is 1. The standard InChI is InChI=1S/C30H35ClN4O5/c1-30(2,28(37)38)21-8-10-22(11-9-21)40-29-32-24-16-23(31)26(33-27(24)34-29)20-6-4-18(5-7-20)19-12-14-35(15-13-19)25(36)17-39-3/h4-7,12,16,21-22H,8-11,13-15,17H2,1-3H3,(H,37,38)(H,32,33,34). The molecule has 2 aromatic heterocycles. The predicted molar refractivity (Wildman–Crippen MR) is 153 cm³/mol. The fraction of sp³-hybridized carbons (Fsp3) is 0.467. The van der Waals surface area contributed by atoms with Crippen LogP contribution in [0.2, 0.25) is 5.02 Å². The Hall–Kier alpha value is -3.43. The number of fused-ring (bicyclic) bond motifs is 1. The summed E-state index contributed by atoms with van der Waals surface area (Å²) in [5.41, 5.74) is 4.32. The minimum absolute atomic E-state index is 0.00309. The van der Waals surface area contributed by atoms with E-state index in [4.69, 9.17) is 26.1 Å². The third-order valence-electron chi connectivity index (χ3n) is 8.29. The van der Waals surface area contributed by atoms with E-state index in [9.17, 15) is 14.7 Å². The van der Waals surface area contributed by atoms with Crippen LogP contribution in [0.5, 0.6) is 6.01 Å². The Labute approximate surface area is 238 Å². The molecule has 0 saturated heterocycles. The number of aromatic amines is 1. The Bertz CT molecular complexity index is 1420. The van der Waals surface area contributed by atoms with Crippen molar-refractivity contribution in [3.63, 3.8) is 0 Å². The zero-order valence-electron chi connectivity index (χ0n) is 23.1. The summed E-state index contributed by atoms with van der Waals surface area (Å²) in [6.45, 7) is 4.96. The molecule has 9 nitrogen and oxygen atoms in total. The number of carboxylic acid groups (broad SMARTS) is 1. The maximum atomic E-state index is 12.1. The van der Waals surface area contributed by atoms with Crippen molar-refractivity contribution >= 4 is 40.2 Å². The van der Waals surface area contributed by atoms with E-state index in [1.54, 1.807) is 18.7 Å². The van der Waals surface area contributed by atoms with Crippen LogP contribution in [0.15, 0.2) is 36.4 Å². The SMILES string of the molecule is COCC(=O)N1CC=C(c2ccc(-c3nc4nc(OC5CCC(C(C)(C)C(=O)O)CC5)[nH]c4cc3Cl)cc2)CC1.